The summed E-state index contributed by atoms with van der Waals surface area (Å²) < 4.78 is 2.16. The van der Waals surface area contributed by atoms with E-state index in [4.69, 9.17) is 4.98 Å². The third-order valence-electron chi connectivity index (χ3n) is 4.32. The fourth-order valence-corrected chi connectivity index (χ4v) is 3.19. The molecule has 96 valence electrons. The Labute approximate surface area is 108 Å². The number of piperidine rings is 1. The minimum atomic E-state index is 0.494. The highest BCUT2D eigenvalue weighted by Crippen LogP contribution is 2.31. The predicted octanol–water partition coefficient (Wildman–Crippen LogP) is 1.90. The summed E-state index contributed by atoms with van der Waals surface area (Å²) in [5.41, 5.74) is 1.93. The van der Waals surface area contributed by atoms with Gasteiger partial charge < -0.3 is 9.47 Å². The van der Waals surface area contributed by atoms with Gasteiger partial charge in [0.1, 0.15) is 17.6 Å². The topological polar surface area (TPSA) is 44.9 Å². The van der Waals surface area contributed by atoms with Crippen LogP contribution in [0.25, 0.3) is 0 Å². The molecule has 18 heavy (non-hydrogen) atoms. The largest absolute Gasteiger partial charge is 0.320 e. The van der Waals surface area contributed by atoms with Crippen LogP contribution in [0.3, 0.4) is 0 Å². The number of aryl methyl sites for hydroxylation is 1. The Kier molecular flexibility index (Phi) is 3.09. The van der Waals surface area contributed by atoms with Gasteiger partial charge in [-0.15, -0.1) is 0 Å². The van der Waals surface area contributed by atoms with Gasteiger partial charge in [-0.25, -0.2) is 4.98 Å². The van der Waals surface area contributed by atoms with Crippen molar-refractivity contribution in [2.24, 2.45) is 0 Å². The van der Waals surface area contributed by atoms with Crippen LogP contribution < -0.4 is 0 Å². The van der Waals surface area contributed by atoms with Crippen molar-refractivity contribution in [1.82, 2.24) is 14.5 Å². The van der Waals surface area contributed by atoms with Crippen molar-refractivity contribution >= 4 is 0 Å². The molecule has 1 saturated heterocycles. The Morgan fingerprint density at radius 3 is 2.72 bits per heavy atom. The molecular formula is C14H20N4. The van der Waals surface area contributed by atoms with Crippen molar-refractivity contribution in [1.29, 1.82) is 5.26 Å². The molecule has 1 aromatic rings. The lowest BCUT2D eigenvalue weighted by atomic mass is 9.93. The van der Waals surface area contributed by atoms with Crippen LogP contribution in [0.1, 0.15) is 48.8 Å². The van der Waals surface area contributed by atoms with Crippen LogP contribution in [0.15, 0.2) is 0 Å². The minimum absolute atomic E-state index is 0.494. The Balaban J connectivity index is 1.92. The van der Waals surface area contributed by atoms with Gasteiger partial charge in [-0.2, -0.15) is 5.26 Å². The normalized spacial score (nSPS) is 21.6. The molecule has 0 aromatic carbocycles. The fourth-order valence-electron chi connectivity index (χ4n) is 3.19. The van der Waals surface area contributed by atoms with E-state index in [-0.39, 0.29) is 0 Å². The first kappa shape index (κ1) is 11.7. The Morgan fingerprint density at radius 2 is 2.00 bits per heavy atom. The van der Waals surface area contributed by atoms with Crippen LogP contribution in [0.4, 0.5) is 0 Å². The zero-order valence-corrected chi connectivity index (χ0v) is 11.0. The van der Waals surface area contributed by atoms with E-state index >= 15 is 0 Å². The van der Waals surface area contributed by atoms with Crippen LogP contribution in [0.2, 0.25) is 0 Å². The molecule has 0 amide bonds. The number of rotatable bonds is 1. The molecule has 0 N–H and O–H groups in total. The van der Waals surface area contributed by atoms with Gasteiger partial charge in [-0.1, -0.05) is 0 Å². The smallest absolute Gasteiger partial charge is 0.143 e. The molecule has 0 radical (unpaired) electrons. The van der Waals surface area contributed by atoms with E-state index in [1.807, 2.05) is 0 Å². The highest BCUT2D eigenvalue weighted by molar-refractivity contribution is 5.33. The number of hydrogen-bond acceptors (Lipinski definition) is 3. The van der Waals surface area contributed by atoms with Crippen molar-refractivity contribution in [3.8, 4) is 6.07 Å². The molecule has 1 aromatic heterocycles. The van der Waals surface area contributed by atoms with E-state index in [0.29, 0.717) is 5.92 Å². The van der Waals surface area contributed by atoms with Gasteiger partial charge in [-0.05, 0) is 45.8 Å². The summed E-state index contributed by atoms with van der Waals surface area (Å²) in [6, 6.07) is 2.40. The maximum Gasteiger partial charge on any atom is 0.143 e. The zero-order chi connectivity index (χ0) is 12.5. The van der Waals surface area contributed by atoms with E-state index in [2.05, 4.69) is 22.6 Å². The van der Waals surface area contributed by atoms with Gasteiger partial charge in [-0.3, -0.25) is 0 Å². The van der Waals surface area contributed by atoms with Crippen molar-refractivity contribution < 1.29 is 0 Å². The van der Waals surface area contributed by atoms with Gasteiger partial charge in [0.25, 0.3) is 0 Å². The Morgan fingerprint density at radius 1 is 1.22 bits per heavy atom. The molecule has 0 bridgehead atoms. The summed E-state index contributed by atoms with van der Waals surface area (Å²) in [4.78, 5) is 7.15. The summed E-state index contributed by atoms with van der Waals surface area (Å²) in [7, 11) is 2.17. The molecule has 2 aliphatic heterocycles. The number of aromatic nitrogens is 2. The highest BCUT2D eigenvalue weighted by atomic mass is 15.1. The van der Waals surface area contributed by atoms with Gasteiger partial charge >= 0.3 is 0 Å². The summed E-state index contributed by atoms with van der Waals surface area (Å²) in [5.74, 6) is 1.64. The van der Waals surface area contributed by atoms with Crippen LogP contribution in [-0.4, -0.2) is 34.6 Å². The maximum atomic E-state index is 9.42. The average molecular weight is 244 g/mol. The maximum absolute atomic E-state index is 9.42. The highest BCUT2D eigenvalue weighted by Gasteiger charge is 2.27. The molecule has 4 nitrogen and oxygen atoms in total. The summed E-state index contributed by atoms with van der Waals surface area (Å²) >= 11 is 0. The van der Waals surface area contributed by atoms with Crippen molar-refractivity contribution in [2.75, 3.05) is 20.1 Å². The number of fused-ring (bicyclic) bond motifs is 1. The van der Waals surface area contributed by atoms with Crippen LogP contribution in [-0.2, 0) is 13.0 Å². The van der Waals surface area contributed by atoms with E-state index < -0.39 is 0 Å². The lowest BCUT2D eigenvalue weighted by molar-refractivity contribution is 0.253. The van der Waals surface area contributed by atoms with Crippen molar-refractivity contribution in [3.63, 3.8) is 0 Å². The van der Waals surface area contributed by atoms with Gasteiger partial charge in [0.15, 0.2) is 0 Å². The minimum Gasteiger partial charge on any atom is -0.320 e. The lowest BCUT2D eigenvalue weighted by Gasteiger charge is -2.28. The van der Waals surface area contributed by atoms with E-state index in [9.17, 15) is 5.26 Å². The third-order valence-corrected chi connectivity index (χ3v) is 4.32. The molecule has 1 fully saturated rings. The van der Waals surface area contributed by atoms with Crippen molar-refractivity contribution in [2.45, 2.75) is 44.6 Å². The quantitative estimate of drug-likeness (QED) is 0.758. The molecule has 0 aliphatic carbocycles. The Bertz CT molecular complexity index is 475. The monoisotopic (exact) mass is 244 g/mol. The van der Waals surface area contributed by atoms with Crippen LogP contribution >= 0.6 is 0 Å². The standard InChI is InChI=1S/C14H20N4/c1-17-8-5-11(6-9-17)14-12(10-15)18-7-3-2-4-13(18)16-14/h11H,2-9H2,1H3. The second-order valence-corrected chi connectivity index (χ2v) is 5.56. The molecule has 0 unspecified atom stereocenters. The van der Waals surface area contributed by atoms with E-state index in [1.165, 1.54) is 12.8 Å². The molecule has 0 saturated carbocycles. The van der Waals surface area contributed by atoms with E-state index in [1.54, 1.807) is 0 Å². The molecule has 3 heterocycles. The fraction of sp³-hybridized carbons (Fsp3) is 0.714. The van der Waals surface area contributed by atoms with E-state index in [0.717, 1.165) is 56.1 Å². The van der Waals surface area contributed by atoms with Crippen LogP contribution in [0, 0.1) is 11.3 Å². The number of likely N-dealkylation sites (tertiary alicyclic amines) is 1. The Hall–Kier alpha value is -1.34. The van der Waals surface area contributed by atoms with Gasteiger partial charge in [0, 0.05) is 18.9 Å². The number of hydrogen-bond donors (Lipinski definition) is 0. The number of nitriles is 1. The molecule has 0 atom stereocenters. The second-order valence-electron chi connectivity index (χ2n) is 5.56. The molecule has 2 aliphatic rings. The number of nitrogens with zero attached hydrogens (tertiary/aromatic N) is 4. The van der Waals surface area contributed by atoms with Crippen molar-refractivity contribution in [3.05, 3.63) is 17.2 Å². The SMILES string of the molecule is CN1CCC(c2nc3n(c2C#N)CCCC3)CC1. The zero-order valence-electron chi connectivity index (χ0n) is 11.0. The second kappa shape index (κ2) is 4.74. The number of imidazole rings is 1. The molecule has 4 heteroatoms. The molecule has 0 spiro atoms. The summed E-state index contributed by atoms with van der Waals surface area (Å²) in [6.45, 7) is 3.23. The van der Waals surface area contributed by atoms with Crippen LogP contribution in [0.5, 0.6) is 0 Å². The molecular weight excluding hydrogens is 224 g/mol. The summed E-state index contributed by atoms with van der Waals surface area (Å²) in [6.07, 6.45) is 5.73. The summed E-state index contributed by atoms with van der Waals surface area (Å²) in [5, 5.41) is 9.42. The molecule has 3 rings (SSSR count). The van der Waals surface area contributed by atoms with Gasteiger partial charge in [0.2, 0.25) is 0 Å². The first-order chi connectivity index (χ1) is 8.79. The first-order valence-corrected chi connectivity index (χ1v) is 6.97. The third kappa shape index (κ3) is 1.93. The first-order valence-electron chi connectivity index (χ1n) is 6.97. The average Bonchev–Trinajstić information content (AvgIpc) is 2.78. The van der Waals surface area contributed by atoms with Gasteiger partial charge in [0.05, 0.1) is 5.69 Å². The predicted molar refractivity (Wildman–Crippen MR) is 69.4 cm³/mol. The lowest BCUT2D eigenvalue weighted by Crippen LogP contribution is -2.29.